The van der Waals surface area contributed by atoms with Crippen LogP contribution in [0.2, 0.25) is 5.02 Å². The van der Waals surface area contributed by atoms with Gasteiger partial charge in [-0.2, -0.15) is 11.8 Å². The molecule has 1 fully saturated rings. The van der Waals surface area contributed by atoms with Crippen molar-refractivity contribution >= 4 is 41.1 Å². The molecule has 1 saturated heterocycles. The summed E-state index contributed by atoms with van der Waals surface area (Å²) in [5.41, 5.74) is 0. The molecule has 120 valence electrons. The van der Waals surface area contributed by atoms with Crippen molar-refractivity contribution in [3.05, 3.63) is 23.4 Å². The third-order valence-electron chi connectivity index (χ3n) is 3.14. The van der Waals surface area contributed by atoms with Crippen LogP contribution in [0.3, 0.4) is 0 Å². The van der Waals surface area contributed by atoms with E-state index in [4.69, 9.17) is 16.3 Å². The van der Waals surface area contributed by atoms with Crippen molar-refractivity contribution in [2.75, 3.05) is 36.5 Å². The van der Waals surface area contributed by atoms with Crippen LogP contribution in [0.5, 0.6) is 0 Å². The van der Waals surface area contributed by atoms with Crippen LogP contribution in [0.1, 0.15) is 6.92 Å². The Balaban J connectivity index is 1.93. The van der Waals surface area contributed by atoms with E-state index in [-0.39, 0.29) is 24.5 Å². The van der Waals surface area contributed by atoms with Crippen LogP contribution in [0, 0.1) is 0 Å². The zero-order valence-corrected chi connectivity index (χ0v) is 13.8. The van der Waals surface area contributed by atoms with Gasteiger partial charge in [0.15, 0.2) is 0 Å². The molecule has 1 amide bonds. The van der Waals surface area contributed by atoms with E-state index >= 15 is 0 Å². The van der Waals surface area contributed by atoms with Crippen LogP contribution in [-0.2, 0) is 14.3 Å². The molecule has 6 nitrogen and oxygen atoms in total. The molecule has 0 aliphatic carbocycles. The Morgan fingerprint density at radius 2 is 2.36 bits per heavy atom. The first kappa shape index (κ1) is 17.1. The molecule has 0 saturated carbocycles. The van der Waals surface area contributed by atoms with Gasteiger partial charge >= 0.3 is 5.97 Å². The molecule has 0 spiro atoms. The fourth-order valence-corrected chi connectivity index (χ4v) is 3.31. The summed E-state index contributed by atoms with van der Waals surface area (Å²) in [5, 5.41) is 3.21. The second-order valence-electron chi connectivity index (χ2n) is 4.72. The highest BCUT2D eigenvalue weighted by atomic mass is 35.5. The first-order chi connectivity index (χ1) is 10.6. The monoisotopic (exact) mass is 343 g/mol. The minimum atomic E-state index is -0.373. The zero-order chi connectivity index (χ0) is 15.9. The van der Waals surface area contributed by atoms with Gasteiger partial charge in [0.25, 0.3) is 0 Å². The van der Waals surface area contributed by atoms with Crippen LogP contribution in [0.4, 0.5) is 5.82 Å². The second kappa shape index (κ2) is 8.36. The summed E-state index contributed by atoms with van der Waals surface area (Å²) >= 11 is 7.44. The number of halogens is 1. The molecule has 0 aromatic carbocycles. The maximum atomic E-state index is 12.1. The molecule has 1 unspecified atom stereocenters. The van der Waals surface area contributed by atoms with Gasteiger partial charge in [0.05, 0.1) is 18.2 Å². The van der Waals surface area contributed by atoms with E-state index in [1.807, 2.05) is 4.90 Å². The van der Waals surface area contributed by atoms with Crippen LogP contribution in [-0.4, -0.2) is 59.0 Å². The Morgan fingerprint density at radius 1 is 1.55 bits per heavy atom. The number of ether oxygens (including phenoxy) is 1. The Kier molecular flexibility index (Phi) is 6.48. The molecule has 1 aliphatic heterocycles. The van der Waals surface area contributed by atoms with Crippen LogP contribution in [0.15, 0.2) is 18.3 Å². The van der Waals surface area contributed by atoms with Gasteiger partial charge in [-0.25, -0.2) is 4.98 Å². The lowest BCUT2D eigenvalue weighted by Gasteiger charge is -2.32. The standard InChI is InChI=1S/C14H18ClN3O3S/c1-2-21-14(20)11-9-22-6-5-18(11)8-13(19)17-12-4-3-10(15)7-16-12/h3-4,7,11H,2,5-6,8-9H2,1H3,(H,16,17,19). The minimum absolute atomic E-state index is 0.133. The third kappa shape index (κ3) is 4.86. The summed E-state index contributed by atoms with van der Waals surface area (Å²) in [4.78, 5) is 29.9. The average Bonchev–Trinajstić information content (AvgIpc) is 2.50. The molecule has 1 N–H and O–H groups in total. The number of anilines is 1. The molecule has 8 heteroatoms. The van der Waals surface area contributed by atoms with E-state index in [9.17, 15) is 9.59 Å². The van der Waals surface area contributed by atoms with Crippen molar-refractivity contribution < 1.29 is 14.3 Å². The SMILES string of the molecule is CCOC(=O)C1CSCCN1CC(=O)Nc1ccc(Cl)cn1. The molecule has 22 heavy (non-hydrogen) atoms. The number of esters is 1. The Morgan fingerprint density at radius 3 is 3.05 bits per heavy atom. The van der Waals surface area contributed by atoms with Gasteiger partial charge in [0, 0.05) is 24.2 Å². The number of carbonyl (C=O) groups is 2. The second-order valence-corrected chi connectivity index (χ2v) is 6.31. The van der Waals surface area contributed by atoms with Gasteiger partial charge < -0.3 is 10.1 Å². The lowest BCUT2D eigenvalue weighted by Crippen LogP contribution is -2.50. The molecule has 1 aromatic rings. The van der Waals surface area contributed by atoms with Crippen LogP contribution in [0.25, 0.3) is 0 Å². The van der Waals surface area contributed by atoms with Crippen LogP contribution < -0.4 is 5.32 Å². The molecule has 1 aromatic heterocycles. The fourth-order valence-electron chi connectivity index (χ4n) is 2.10. The quantitative estimate of drug-likeness (QED) is 0.820. The van der Waals surface area contributed by atoms with Gasteiger partial charge in [-0.15, -0.1) is 0 Å². The Labute approximate surface area is 138 Å². The average molecular weight is 344 g/mol. The Bertz CT molecular complexity index is 527. The van der Waals surface area contributed by atoms with E-state index in [2.05, 4.69) is 10.3 Å². The lowest BCUT2D eigenvalue weighted by molar-refractivity contribution is -0.148. The molecule has 0 bridgehead atoms. The summed E-state index contributed by atoms with van der Waals surface area (Å²) in [6, 6.07) is 2.92. The summed E-state index contributed by atoms with van der Waals surface area (Å²) in [6.07, 6.45) is 1.47. The summed E-state index contributed by atoms with van der Waals surface area (Å²) in [5.74, 6) is 1.49. The molecular formula is C14H18ClN3O3S. The normalized spacial score (nSPS) is 18.7. The number of nitrogens with zero attached hydrogens (tertiary/aromatic N) is 2. The van der Waals surface area contributed by atoms with E-state index in [0.717, 1.165) is 5.75 Å². The highest BCUT2D eigenvalue weighted by Gasteiger charge is 2.31. The summed E-state index contributed by atoms with van der Waals surface area (Å²) in [6.45, 7) is 2.93. The van der Waals surface area contributed by atoms with E-state index in [0.29, 0.717) is 29.7 Å². The number of thioether (sulfide) groups is 1. The van der Waals surface area contributed by atoms with Crippen molar-refractivity contribution in [2.24, 2.45) is 0 Å². The van der Waals surface area contributed by atoms with Gasteiger partial charge in [0.1, 0.15) is 11.9 Å². The van der Waals surface area contributed by atoms with Gasteiger partial charge in [-0.05, 0) is 19.1 Å². The predicted octanol–water partition coefficient (Wildman–Crippen LogP) is 1.65. The summed E-state index contributed by atoms with van der Waals surface area (Å²) in [7, 11) is 0. The van der Waals surface area contributed by atoms with E-state index in [1.54, 1.807) is 30.8 Å². The van der Waals surface area contributed by atoms with Crippen molar-refractivity contribution in [2.45, 2.75) is 13.0 Å². The molecule has 2 heterocycles. The minimum Gasteiger partial charge on any atom is -0.465 e. The van der Waals surface area contributed by atoms with Crippen molar-refractivity contribution in [3.63, 3.8) is 0 Å². The number of pyridine rings is 1. The number of rotatable bonds is 5. The first-order valence-electron chi connectivity index (χ1n) is 7.00. The van der Waals surface area contributed by atoms with Crippen LogP contribution >= 0.6 is 23.4 Å². The van der Waals surface area contributed by atoms with E-state index in [1.165, 1.54) is 6.20 Å². The maximum absolute atomic E-state index is 12.1. The van der Waals surface area contributed by atoms with E-state index < -0.39 is 0 Å². The van der Waals surface area contributed by atoms with Gasteiger partial charge in [-0.3, -0.25) is 14.5 Å². The van der Waals surface area contributed by atoms with Crippen molar-refractivity contribution in [1.29, 1.82) is 0 Å². The largest absolute Gasteiger partial charge is 0.465 e. The molecule has 2 rings (SSSR count). The molecule has 0 radical (unpaired) electrons. The summed E-state index contributed by atoms with van der Waals surface area (Å²) < 4.78 is 5.07. The fraction of sp³-hybridized carbons (Fsp3) is 0.500. The number of amides is 1. The first-order valence-corrected chi connectivity index (χ1v) is 8.53. The third-order valence-corrected chi connectivity index (χ3v) is 4.39. The maximum Gasteiger partial charge on any atom is 0.324 e. The molecule has 1 aliphatic rings. The number of carbonyl (C=O) groups excluding carboxylic acids is 2. The Hall–Kier alpha value is -1.31. The highest BCUT2D eigenvalue weighted by molar-refractivity contribution is 7.99. The zero-order valence-electron chi connectivity index (χ0n) is 12.3. The number of hydrogen-bond acceptors (Lipinski definition) is 6. The lowest BCUT2D eigenvalue weighted by atomic mass is 10.2. The van der Waals surface area contributed by atoms with Gasteiger partial charge in [-0.1, -0.05) is 11.6 Å². The number of aromatic nitrogens is 1. The van der Waals surface area contributed by atoms with Crippen molar-refractivity contribution in [3.8, 4) is 0 Å². The number of nitrogens with one attached hydrogen (secondary N) is 1. The smallest absolute Gasteiger partial charge is 0.324 e. The predicted molar refractivity (Wildman–Crippen MR) is 87.2 cm³/mol. The topological polar surface area (TPSA) is 71.5 Å². The molecular weight excluding hydrogens is 326 g/mol. The molecule has 1 atom stereocenters. The highest BCUT2D eigenvalue weighted by Crippen LogP contribution is 2.18. The van der Waals surface area contributed by atoms with Gasteiger partial charge in [0.2, 0.25) is 5.91 Å². The number of hydrogen-bond donors (Lipinski definition) is 1. The van der Waals surface area contributed by atoms with Crippen molar-refractivity contribution in [1.82, 2.24) is 9.88 Å².